The van der Waals surface area contributed by atoms with Gasteiger partial charge in [0, 0.05) is 43.1 Å². The van der Waals surface area contributed by atoms with E-state index in [-0.39, 0.29) is 71.3 Å². The van der Waals surface area contributed by atoms with Crippen LogP contribution in [0.25, 0.3) is 0 Å². The van der Waals surface area contributed by atoms with Crippen LogP contribution in [0.2, 0.25) is 0 Å². The largest absolute Gasteiger partial charge is 0.362 e. The van der Waals surface area contributed by atoms with Crippen LogP contribution in [0.5, 0.6) is 0 Å². The van der Waals surface area contributed by atoms with Crippen molar-refractivity contribution < 1.29 is 17.1 Å². The molecule has 0 saturated carbocycles. The molecule has 1 rings (SSSR count). The second-order valence-corrected chi connectivity index (χ2v) is 2.10. The number of nitrogens with zero attached hydrogens (tertiary/aromatic N) is 2. The molecule has 2 nitrogen and oxygen atoms in total. The van der Waals surface area contributed by atoms with Crippen LogP contribution in [0.1, 0.15) is 6.92 Å². The molecular weight excluding hydrogens is 342 g/mol. The van der Waals surface area contributed by atoms with Gasteiger partial charge in [-0.3, -0.25) is 0 Å². The molecule has 1 aliphatic heterocycles. The number of rotatable bonds is 1. The number of hydrogen-bond donors (Lipinski definition) is 0. The van der Waals surface area contributed by atoms with Crippen molar-refractivity contribution in [3.63, 3.8) is 0 Å². The van der Waals surface area contributed by atoms with Crippen molar-refractivity contribution in [3.05, 3.63) is 12.4 Å². The van der Waals surface area contributed by atoms with E-state index in [2.05, 4.69) is 36.2 Å². The van der Waals surface area contributed by atoms with Crippen LogP contribution >= 0.6 is 54.2 Å². The van der Waals surface area contributed by atoms with Gasteiger partial charge in [-0.25, -0.2) is 0 Å². The summed E-state index contributed by atoms with van der Waals surface area (Å²) >= 11 is 0. The Bertz CT molecular complexity index is 118. The maximum Gasteiger partial charge on any atom is 0.0890 e. The van der Waals surface area contributed by atoms with Crippen LogP contribution < -0.4 is 0 Å². The molecule has 0 aromatic rings. The van der Waals surface area contributed by atoms with Crippen LogP contribution in [0, 0.1) is 0 Å². The Morgan fingerprint density at radius 3 is 1.77 bits per heavy atom. The Labute approximate surface area is 120 Å². The van der Waals surface area contributed by atoms with Gasteiger partial charge < -0.3 is 9.80 Å². The molecular formula is C6H16BrCl3FeN2. The van der Waals surface area contributed by atoms with Gasteiger partial charge in [0.2, 0.25) is 0 Å². The minimum atomic E-state index is 0. The predicted molar refractivity (Wildman–Crippen MR) is 66.2 cm³/mol. The molecule has 0 radical (unpaired) electrons. The first-order valence-corrected chi connectivity index (χ1v) is 2.95. The van der Waals surface area contributed by atoms with E-state index in [1.54, 1.807) is 0 Å². The minimum absolute atomic E-state index is 0. The van der Waals surface area contributed by atoms with Gasteiger partial charge in [0.1, 0.15) is 0 Å². The summed E-state index contributed by atoms with van der Waals surface area (Å²) in [7, 11) is 2.08. The molecule has 1 heterocycles. The summed E-state index contributed by atoms with van der Waals surface area (Å²) in [5, 5.41) is 0. The summed E-state index contributed by atoms with van der Waals surface area (Å²) < 4.78 is 0. The number of hydrogen-bond acceptors (Lipinski definition) is 2. The summed E-state index contributed by atoms with van der Waals surface area (Å²) in [5.41, 5.74) is 0. The van der Waals surface area contributed by atoms with Gasteiger partial charge in [0.15, 0.2) is 0 Å². The van der Waals surface area contributed by atoms with Crippen molar-refractivity contribution in [2.24, 2.45) is 0 Å². The second-order valence-electron chi connectivity index (χ2n) is 2.10. The van der Waals surface area contributed by atoms with Gasteiger partial charge in [-0.15, -0.1) is 54.2 Å². The zero-order valence-electron chi connectivity index (χ0n) is 7.45. The van der Waals surface area contributed by atoms with E-state index in [1.807, 2.05) is 0 Å². The SMILES string of the molecule is Br.CCN1C=CN(C)C1.Cl.Cl.Cl.[Fe]. The standard InChI is InChI=1S/C6H12N2.BrH.3ClH.Fe/c1-3-8-5-4-7(2)6-8;;;;;/h4-5H,3,6H2,1-2H3;4*1H;. The number of halogens is 4. The molecule has 0 aliphatic carbocycles. The Hall–Kier alpha value is 1.21. The molecule has 0 atom stereocenters. The van der Waals surface area contributed by atoms with Crippen molar-refractivity contribution in [1.82, 2.24) is 9.80 Å². The van der Waals surface area contributed by atoms with Crippen LogP contribution in [0.4, 0.5) is 0 Å². The molecule has 0 unspecified atom stereocenters. The Kier molecular flexibility index (Phi) is 35.2. The average Bonchev–Trinajstić information content (AvgIpc) is 2.14. The Morgan fingerprint density at radius 1 is 1.15 bits per heavy atom. The summed E-state index contributed by atoms with van der Waals surface area (Å²) in [6, 6.07) is 0. The first kappa shape index (κ1) is 29.2. The van der Waals surface area contributed by atoms with E-state index in [1.165, 1.54) is 0 Å². The van der Waals surface area contributed by atoms with E-state index in [0.717, 1.165) is 13.2 Å². The van der Waals surface area contributed by atoms with Gasteiger partial charge >= 0.3 is 0 Å². The molecule has 7 heteroatoms. The van der Waals surface area contributed by atoms with Crippen LogP contribution in [0.3, 0.4) is 0 Å². The van der Waals surface area contributed by atoms with Crippen molar-refractivity contribution in [1.29, 1.82) is 0 Å². The van der Waals surface area contributed by atoms with E-state index in [0.29, 0.717) is 0 Å². The van der Waals surface area contributed by atoms with E-state index >= 15 is 0 Å². The van der Waals surface area contributed by atoms with Crippen LogP contribution in [-0.2, 0) is 17.1 Å². The van der Waals surface area contributed by atoms with E-state index in [9.17, 15) is 0 Å². The molecule has 0 aromatic heterocycles. The van der Waals surface area contributed by atoms with Gasteiger partial charge in [0.25, 0.3) is 0 Å². The smallest absolute Gasteiger partial charge is 0.0890 e. The fourth-order valence-electron chi connectivity index (χ4n) is 0.794. The third-order valence-corrected chi connectivity index (χ3v) is 1.34. The van der Waals surface area contributed by atoms with Crippen molar-refractivity contribution in [2.75, 3.05) is 20.3 Å². The van der Waals surface area contributed by atoms with Crippen LogP contribution in [0.15, 0.2) is 12.4 Å². The Morgan fingerprint density at radius 2 is 1.62 bits per heavy atom. The maximum absolute atomic E-state index is 2.25. The molecule has 0 amide bonds. The van der Waals surface area contributed by atoms with E-state index in [4.69, 9.17) is 0 Å². The zero-order chi connectivity index (χ0) is 5.98. The molecule has 0 saturated heterocycles. The molecule has 0 spiro atoms. The topological polar surface area (TPSA) is 6.48 Å². The fraction of sp³-hybridized carbons (Fsp3) is 0.667. The average molecular weight is 358 g/mol. The fourth-order valence-corrected chi connectivity index (χ4v) is 0.794. The van der Waals surface area contributed by atoms with Gasteiger partial charge in [-0.2, -0.15) is 0 Å². The Balaban J connectivity index is -0.0000000427. The predicted octanol–water partition coefficient (Wildman–Crippen LogP) is 2.52. The molecule has 0 bridgehead atoms. The molecule has 0 fully saturated rings. The minimum Gasteiger partial charge on any atom is -0.362 e. The summed E-state index contributed by atoms with van der Waals surface area (Å²) in [6.45, 7) is 4.32. The summed E-state index contributed by atoms with van der Waals surface area (Å²) in [4.78, 5) is 4.41. The second kappa shape index (κ2) is 15.7. The zero-order valence-corrected chi connectivity index (χ0v) is 12.7. The van der Waals surface area contributed by atoms with Gasteiger partial charge in [-0.1, -0.05) is 0 Å². The van der Waals surface area contributed by atoms with Crippen molar-refractivity contribution in [3.8, 4) is 0 Å². The molecule has 13 heavy (non-hydrogen) atoms. The molecule has 86 valence electrons. The quantitative estimate of drug-likeness (QED) is 0.665. The maximum atomic E-state index is 2.25. The van der Waals surface area contributed by atoms with Gasteiger partial charge in [0.05, 0.1) is 6.67 Å². The van der Waals surface area contributed by atoms with E-state index < -0.39 is 0 Å². The van der Waals surface area contributed by atoms with Crippen LogP contribution in [-0.4, -0.2) is 30.1 Å². The monoisotopic (exact) mass is 356 g/mol. The molecule has 0 aromatic carbocycles. The van der Waals surface area contributed by atoms with Crippen molar-refractivity contribution in [2.45, 2.75) is 6.92 Å². The first-order valence-electron chi connectivity index (χ1n) is 2.95. The first-order chi connectivity index (χ1) is 3.83. The molecule has 0 N–H and O–H groups in total. The third kappa shape index (κ3) is 11.1. The van der Waals surface area contributed by atoms with Crippen molar-refractivity contribution >= 4 is 54.2 Å². The summed E-state index contributed by atoms with van der Waals surface area (Å²) in [6.07, 6.45) is 4.20. The summed E-state index contributed by atoms with van der Waals surface area (Å²) in [5.74, 6) is 0. The molecule has 1 aliphatic rings. The normalized spacial score (nSPS) is 11.2. The van der Waals surface area contributed by atoms with Gasteiger partial charge in [-0.05, 0) is 6.92 Å². The third-order valence-electron chi connectivity index (χ3n) is 1.34.